The van der Waals surface area contributed by atoms with Crippen molar-refractivity contribution >= 4 is 21.6 Å². The zero-order valence-corrected chi connectivity index (χ0v) is 13.1. The zero-order chi connectivity index (χ0) is 14.7. The Labute approximate surface area is 120 Å². The van der Waals surface area contributed by atoms with Crippen LogP contribution in [0.4, 0.5) is 0 Å². The average Bonchev–Trinajstić information content (AvgIpc) is 2.36. The Morgan fingerprint density at radius 1 is 1.37 bits per heavy atom. The Morgan fingerprint density at radius 2 is 2.00 bits per heavy atom. The average molecular weight is 305 g/mol. The van der Waals surface area contributed by atoms with E-state index in [0.717, 1.165) is 12.0 Å². The largest absolute Gasteiger partial charge is 0.326 e. The van der Waals surface area contributed by atoms with E-state index in [-0.39, 0.29) is 15.3 Å². The standard InChI is InChI=1S/C13H21ClN2O2S/c1-4-13(2,3)9-16-19(17,18)12-6-5-10(8-15)7-11(12)14/h5-7,16H,4,8-9,15H2,1-3H3. The maximum absolute atomic E-state index is 12.2. The summed E-state index contributed by atoms with van der Waals surface area (Å²) in [5.74, 6) is 0. The minimum absolute atomic E-state index is 0.0866. The molecule has 1 aromatic rings. The first-order valence-corrected chi connectivity index (χ1v) is 8.06. The van der Waals surface area contributed by atoms with Gasteiger partial charge < -0.3 is 5.73 Å². The molecule has 6 heteroatoms. The van der Waals surface area contributed by atoms with E-state index in [9.17, 15) is 8.42 Å². The van der Waals surface area contributed by atoms with Crippen molar-refractivity contribution in [2.24, 2.45) is 11.1 Å². The van der Waals surface area contributed by atoms with Crippen LogP contribution in [-0.2, 0) is 16.6 Å². The summed E-state index contributed by atoms with van der Waals surface area (Å²) in [4.78, 5) is 0.0956. The zero-order valence-electron chi connectivity index (χ0n) is 11.5. The topological polar surface area (TPSA) is 72.2 Å². The molecule has 0 aromatic heterocycles. The van der Waals surface area contributed by atoms with Crippen LogP contribution in [0.3, 0.4) is 0 Å². The number of benzene rings is 1. The van der Waals surface area contributed by atoms with Crippen LogP contribution in [0.15, 0.2) is 23.1 Å². The molecule has 0 amide bonds. The van der Waals surface area contributed by atoms with Crippen molar-refractivity contribution in [1.29, 1.82) is 0 Å². The van der Waals surface area contributed by atoms with Gasteiger partial charge >= 0.3 is 0 Å². The molecular weight excluding hydrogens is 284 g/mol. The van der Waals surface area contributed by atoms with Gasteiger partial charge in [0.05, 0.1) is 5.02 Å². The number of halogens is 1. The van der Waals surface area contributed by atoms with Gasteiger partial charge in [-0.1, -0.05) is 38.4 Å². The number of hydrogen-bond acceptors (Lipinski definition) is 3. The normalized spacial score (nSPS) is 12.7. The van der Waals surface area contributed by atoms with Crippen molar-refractivity contribution in [2.75, 3.05) is 6.54 Å². The van der Waals surface area contributed by atoms with Gasteiger partial charge in [0, 0.05) is 13.1 Å². The van der Waals surface area contributed by atoms with E-state index in [1.54, 1.807) is 12.1 Å². The summed E-state index contributed by atoms with van der Waals surface area (Å²) in [6.07, 6.45) is 0.884. The molecule has 0 atom stereocenters. The van der Waals surface area contributed by atoms with Crippen molar-refractivity contribution in [3.63, 3.8) is 0 Å². The summed E-state index contributed by atoms with van der Waals surface area (Å²) in [7, 11) is -3.58. The third kappa shape index (κ3) is 4.45. The van der Waals surface area contributed by atoms with Crippen LogP contribution in [0.2, 0.25) is 5.02 Å². The minimum Gasteiger partial charge on any atom is -0.326 e. The van der Waals surface area contributed by atoms with Crippen LogP contribution >= 0.6 is 11.6 Å². The fraction of sp³-hybridized carbons (Fsp3) is 0.538. The lowest BCUT2D eigenvalue weighted by atomic mass is 9.91. The minimum atomic E-state index is -3.58. The molecule has 0 saturated carbocycles. The highest BCUT2D eigenvalue weighted by atomic mass is 35.5. The lowest BCUT2D eigenvalue weighted by Crippen LogP contribution is -2.33. The third-order valence-electron chi connectivity index (χ3n) is 3.22. The fourth-order valence-corrected chi connectivity index (χ4v) is 3.19. The molecular formula is C13H21ClN2O2S. The first kappa shape index (κ1) is 16.4. The smallest absolute Gasteiger partial charge is 0.242 e. The van der Waals surface area contributed by atoms with Crippen molar-refractivity contribution in [2.45, 2.75) is 38.6 Å². The molecule has 0 bridgehead atoms. The van der Waals surface area contributed by atoms with Crippen molar-refractivity contribution in [3.8, 4) is 0 Å². The van der Waals surface area contributed by atoms with E-state index >= 15 is 0 Å². The Morgan fingerprint density at radius 3 is 2.47 bits per heavy atom. The second kappa shape index (κ2) is 6.22. The molecule has 0 aliphatic rings. The molecule has 1 rings (SSSR count). The summed E-state index contributed by atoms with van der Waals surface area (Å²) in [5.41, 5.74) is 6.20. The first-order chi connectivity index (χ1) is 8.72. The van der Waals surface area contributed by atoms with Crippen molar-refractivity contribution in [1.82, 2.24) is 4.72 Å². The van der Waals surface area contributed by atoms with Crippen LogP contribution < -0.4 is 10.5 Å². The van der Waals surface area contributed by atoms with Crippen LogP contribution in [0.25, 0.3) is 0 Å². The van der Waals surface area contributed by atoms with E-state index in [1.807, 2.05) is 20.8 Å². The van der Waals surface area contributed by atoms with Gasteiger partial charge in [-0.05, 0) is 29.5 Å². The van der Waals surface area contributed by atoms with Gasteiger partial charge in [-0.15, -0.1) is 0 Å². The fourth-order valence-electron chi connectivity index (χ4n) is 1.38. The molecule has 3 N–H and O–H groups in total. The number of hydrogen-bond donors (Lipinski definition) is 2. The molecule has 19 heavy (non-hydrogen) atoms. The van der Waals surface area contributed by atoms with Crippen LogP contribution in [0.1, 0.15) is 32.8 Å². The number of sulfonamides is 1. The number of nitrogens with two attached hydrogens (primary N) is 1. The van der Waals surface area contributed by atoms with Gasteiger partial charge in [0.15, 0.2) is 0 Å². The van der Waals surface area contributed by atoms with Gasteiger partial charge in [-0.3, -0.25) is 0 Å². The summed E-state index contributed by atoms with van der Waals surface area (Å²) >= 11 is 6.00. The first-order valence-electron chi connectivity index (χ1n) is 6.20. The van der Waals surface area contributed by atoms with Gasteiger partial charge in [-0.2, -0.15) is 0 Å². The molecule has 0 aliphatic carbocycles. The van der Waals surface area contributed by atoms with E-state index in [0.29, 0.717) is 13.1 Å². The lowest BCUT2D eigenvalue weighted by molar-refractivity contribution is 0.350. The summed E-state index contributed by atoms with van der Waals surface area (Å²) in [6, 6.07) is 4.75. The van der Waals surface area contributed by atoms with Crippen LogP contribution in [0.5, 0.6) is 0 Å². The Kier molecular flexibility index (Phi) is 5.38. The van der Waals surface area contributed by atoms with Gasteiger partial charge in [-0.25, -0.2) is 13.1 Å². The maximum atomic E-state index is 12.2. The predicted octanol–water partition coefficient (Wildman–Crippen LogP) is 2.51. The second-order valence-electron chi connectivity index (χ2n) is 5.31. The van der Waals surface area contributed by atoms with E-state index in [4.69, 9.17) is 17.3 Å². The molecule has 0 unspecified atom stereocenters. The molecule has 0 aliphatic heterocycles. The van der Waals surface area contributed by atoms with Crippen molar-refractivity contribution < 1.29 is 8.42 Å². The Bertz CT molecular complexity index is 542. The monoisotopic (exact) mass is 304 g/mol. The van der Waals surface area contributed by atoms with E-state index in [1.165, 1.54) is 6.07 Å². The highest BCUT2D eigenvalue weighted by molar-refractivity contribution is 7.89. The van der Waals surface area contributed by atoms with Gasteiger partial charge in [0.25, 0.3) is 0 Å². The van der Waals surface area contributed by atoms with Crippen LogP contribution in [0, 0.1) is 5.41 Å². The molecule has 0 heterocycles. The van der Waals surface area contributed by atoms with Crippen molar-refractivity contribution in [3.05, 3.63) is 28.8 Å². The van der Waals surface area contributed by atoms with Gasteiger partial charge in [0.2, 0.25) is 10.0 Å². The number of nitrogens with one attached hydrogen (secondary N) is 1. The lowest BCUT2D eigenvalue weighted by Gasteiger charge is -2.23. The molecule has 0 saturated heterocycles. The van der Waals surface area contributed by atoms with E-state index in [2.05, 4.69) is 4.72 Å². The van der Waals surface area contributed by atoms with E-state index < -0.39 is 10.0 Å². The van der Waals surface area contributed by atoms with Gasteiger partial charge in [0.1, 0.15) is 4.90 Å². The number of rotatable bonds is 6. The predicted molar refractivity (Wildman–Crippen MR) is 78.6 cm³/mol. The molecule has 0 spiro atoms. The molecule has 108 valence electrons. The summed E-state index contributed by atoms with van der Waals surface area (Å²) in [6.45, 7) is 6.75. The maximum Gasteiger partial charge on any atom is 0.242 e. The molecule has 4 nitrogen and oxygen atoms in total. The molecule has 0 fully saturated rings. The summed E-state index contributed by atoms with van der Waals surface area (Å²) < 4.78 is 27.0. The second-order valence-corrected chi connectivity index (χ2v) is 7.45. The van der Waals surface area contributed by atoms with Crippen LogP contribution in [-0.4, -0.2) is 15.0 Å². The summed E-state index contributed by atoms with van der Waals surface area (Å²) in [5, 5.41) is 0.199. The highest BCUT2D eigenvalue weighted by Crippen LogP contribution is 2.24. The molecule has 1 aromatic carbocycles. The Hall–Kier alpha value is -0.620. The Balaban J connectivity index is 2.95. The SMILES string of the molecule is CCC(C)(C)CNS(=O)(=O)c1ccc(CN)cc1Cl. The third-order valence-corrected chi connectivity index (χ3v) is 5.10. The highest BCUT2D eigenvalue weighted by Gasteiger charge is 2.22. The molecule has 0 radical (unpaired) electrons. The quantitative estimate of drug-likeness (QED) is 0.848.